The van der Waals surface area contributed by atoms with Gasteiger partial charge in [0, 0.05) is 5.02 Å². The maximum Gasteiger partial charge on any atom is 0.137 e. The summed E-state index contributed by atoms with van der Waals surface area (Å²) in [6.07, 6.45) is 0. The topological polar surface area (TPSA) is 26.0 Å². The van der Waals surface area contributed by atoms with Gasteiger partial charge >= 0.3 is 0 Å². The van der Waals surface area contributed by atoms with Gasteiger partial charge in [0.05, 0.1) is 10.5 Å². The van der Waals surface area contributed by atoms with Crippen molar-refractivity contribution in [2.24, 2.45) is 5.73 Å². The van der Waals surface area contributed by atoms with E-state index in [0.29, 0.717) is 4.47 Å². The van der Waals surface area contributed by atoms with Crippen LogP contribution in [0.25, 0.3) is 0 Å². The van der Waals surface area contributed by atoms with Crippen LogP contribution in [0.3, 0.4) is 0 Å². The van der Waals surface area contributed by atoms with Gasteiger partial charge in [-0.25, -0.2) is 4.39 Å². The fourth-order valence-corrected chi connectivity index (χ4v) is 2.49. The number of halogens is 3. The third-order valence-corrected chi connectivity index (χ3v) is 4.24. The summed E-state index contributed by atoms with van der Waals surface area (Å²) in [5.74, 6) is -0.309. The van der Waals surface area contributed by atoms with E-state index in [1.54, 1.807) is 6.07 Å². The first-order valence-electron chi connectivity index (χ1n) is 5.87. The highest BCUT2D eigenvalue weighted by atomic mass is 79.9. The van der Waals surface area contributed by atoms with E-state index in [9.17, 15) is 4.39 Å². The lowest BCUT2D eigenvalue weighted by atomic mass is 9.94. The molecular formula is C15H14BrClFN. The van der Waals surface area contributed by atoms with Crippen molar-refractivity contribution in [1.82, 2.24) is 0 Å². The average Bonchev–Trinajstić information content (AvgIpc) is 2.36. The van der Waals surface area contributed by atoms with Crippen LogP contribution in [-0.2, 0) is 0 Å². The summed E-state index contributed by atoms with van der Waals surface area (Å²) < 4.78 is 14.0. The molecule has 1 nitrogen and oxygen atoms in total. The lowest BCUT2D eigenvalue weighted by Crippen LogP contribution is -2.14. The molecule has 0 amide bonds. The molecule has 0 aliphatic rings. The van der Waals surface area contributed by atoms with Crippen molar-refractivity contribution in [3.8, 4) is 0 Å². The van der Waals surface area contributed by atoms with E-state index in [2.05, 4.69) is 15.9 Å². The van der Waals surface area contributed by atoms with Gasteiger partial charge in [-0.05, 0) is 70.2 Å². The summed E-state index contributed by atoms with van der Waals surface area (Å²) >= 11 is 9.21. The van der Waals surface area contributed by atoms with E-state index in [1.165, 1.54) is 6.07 Å². The van der Waals surface area contributed by atoms with Gasteiger partial charge in [0.15, 0.2) is 0 Å². The minimum atomic E-state index is -0.362. The Morgan fingerprint density at radius 3 is 2.47 bits per heavy atom. The van der Waals surface area contributed by atoms with Crippen LogP contribution in [0.15, 0.2) is 34.8 Å². The van der Waals surface area contributed by atoms with Crippen LogP contribution in [0.4, 0.5) is 4.39 Å². The van der Waals surface area contributed by atoms with Gasteiger partial charge < -0.3 is 5.73 Å². The molecule has 0 bridgehead atoms. The zero-order valence-electron chi connectivity index (χ0n) is 10.7. The SMILES string of the molecule is Cc1cc(C(N)c2ccc(Br)c(F)c2)c(C)cc1Cl. The molecule has 2 aromatic carbocycles. The van der Waals surface area contributed by atoms with E-state index < -0.39 is 0 Å². The molecule has 1 atom stereocenters. The summed E-state index contributed by atoms with van der Waals surface area (Å²) in [6, 6.07) is 8.43. The lowest BCUT2D eigenvalue weighted by molar-refractivity contribution is 0.617. The lowest BCUT2D eigenvalue weighted by Gasteiger charge is -2.17. The maximum atomic E-state index is 13.6. The molecule has 0 heterocycles. The van der Waals surface area contributed by atoms with Crippen LogP contribution in [0.5, 0.6) is 0 Å². The fourth-order valence-electron chi connectivity index (χ4n) is 2.02. The van der Waals surface area contributed by atoms with Gasteiger partial charge in [0.25, 0.3) is 0 Å². The molecule has 19 heavy (non-hydrogen) atoms. The molecule has 4 heteroatoms. The minimum absolute atomic E-state index is 0.309. The van der Waals surface area contributed by atoms with E-state index in [0.717, 1.165) is 27.3 Å². The van der Waals surface area contributed by atoms with Gasteiger partial charge in [0.1, 0.15) is 5.82 Å². The van der Waals surface area contributed by atoms with Crippen molar-refractivity contribution in [1.29, 1.82) is 0 Å². The Kier molecular flexibility index (Phi) is 4.29. The van der Waals surface area contributed by atoms with Crippen molar-refractivity contribution in [3.05, 3.63) is 67.9 Å². The molecule has 1 unspecified atom stereocenters. The third-order valence-electron chi connectivity index (χ3n) is 3.19. The van der Waals surface area contributed by atoms with Gasteiger partial charge in [-0.1, -0.05) is 23.7 Å². The average molecular weight is 343 g/mol. The Balaban J connectivity index is 2.46. The van der Waals surface area contributed by atoms with Crippen molar-refractivity contribution in [2.75, 3.05) is 0 Å². The Morgan fingerprint density at radius 2 is 1.84 bits per heavy atom. The molecule has 2 N–H and O–H groups in total. The molecule has 0 fully saturated rings. The van der Waals surface area contributed by atoms with Crippen LogP contribution >= 0.6 is 27.5 Å². The molecule has 0 aliphatic carbocycles. The van der Waals surface area contributed by atoms with Gasteiger partial charge in [-0.3, -0.25) is 0 Å². The van der Waals surface area contributed by atoms with E-state index in [1.807, 2.05) is 32.0 Å². The fraction of sp³-hybridized carbons (Fsp3) is 0.200. The van der Waals surface area contributed by atoms with Gasteiger partial charge in [-0.2, -0.15) is 0 Å². The highest BCUT2D eigenvalue weighted by molar-refractivity contribution is 9.10. The highest BCUT2D eigenvalue weighted by Crippen LogP contribution is 2.29. The molecule has 2 aromatic rings. The third kappa shape index (κ3) is 2.99. The smallest absolute Gasteiger partial charge is 0.137 e. The maximum absolute atomic E-state index is 13.6. The van der Waals surface area contributed by atoms with Crippen LogP contribution in [0.2, 0.25) is 5.02 Å². The summed E-state index contributed by atoms with van der Waals surface area (Å²) in [5.41, 5.74) is 9.91. The molecular weight excluding hydrogens is 329 g/mol. The van der Waals surface area contributed by atoms with Crippen molar-refractivity contribution < 1.29 is 4.39 Å². The quantitative estimate of drug-likeness (QED) is 0.825. The monoisotopic (exact) mass is 341 g/mol. The minimum Gasteiger partial charge on any atom is -0.320 e. The first-order valence-corrected chi connectivity index (χ1v) is 7.04. The standard InChI is InChI=1S/C15H14BrClFN/c1-8-6-13(17)9(2)5-11(8)15(19)10-3-4-12(16)14(18)7-10/h3-7,15H,19H2,1-2H3. The number of aryl methyl sites for hydroxylation is 2. The summed E-state index contributed by atoms with van der Waals surface area (Å²) in [4.78, 5) is 0. The van der Waals surface area contributed by atoms with Crippen molar-refractivity contribution in [2.45, 2.75) is 19.9 Å². The van der Waals surface area contributed by atoms with Crippen LogP contribution < -0.4 is 5.73 Å². The molecule has 0 spiro atoms. The first-order chi connectivity index (χ1) is 8.90. The van der Waals surface area contributed by atoms with Gasteiger partial charge in [0.2, 0.25) is 0 Å². The largest absolute Gasteiger partial charge is 0.320 e. The van der Waals surface area contributed by atoms with Crippen molar-refractivity contribution >= 4 is 27.5 Å². The zero-order chi connectivity index (χ0) is 14.2. The van der Waals surface area contributed by atoms with E-state index in [-0.39, 0.29) is 11.9 Å². The highest BCUT2D eigenvalue weighted by Gasteiger charge is 2.14. The van der Waals surface area contributed by atoms with Crippen molar-refractivity contribution in [3.63, 3.8) is 0 Å². The number of hydrogen-bond donors (Lipinski definition) is 1. The molecule has 2 rings (SSSR count). The Hall–Kier alpha value is -0.900. The zero-order valence-corrected chi connectivity index (χ0v) is 13.0. The second kappa shape index (κ2) is 5.61. The number of hydrogen-bond acceptors (Lipinski definition) is 1. The summed E-state index contributed by atoms with van der Waals surface area (Å²) in [6.45, 7) is 3.88. The Bertz CT molecular complexity index is 628. The summed E-state index contributed by atoms with van der Waals surface area (Å²) in [5, 5.41) is 0.718. The van der Waals surface area contributed by atoms with Crippen LogP contribution in [-0.4, -0.2) is 0 Å². The number of nitrogens with two attached hydrogens (primary N) is 1. The Labute approximate surface area is 125 Å². The van der Waals surface area contributed by atoms with E-state index in [4.69, 9.17) is 17.3 Å². The molecule has 100 valence electrons. The van der Waals surface area contributed by atoms with Gasteiger partial charge in [-0.15, -0.1) is 0 Å². The second-order valence-corrected chi connectivity index (χ2v) is 5.87. The van der Waals surface area contributed by atoms with E-state index >= 15 is 0 Å². The number of benzene rings is 2. The second-order valence-electron chi connectivity index (χ2n) is 4.61. The normalized spacial score (nSPS) is 12.5. The molecule has 0 aromatic heterocycles. The predicted molar refractivity (Wildman–Crippen MR) is 81.1 cm³/mol. The molecule has 0 saturated carbocycles. The Morgan fingerprint density at radius 1 is 1.16 bits per heavy atom. The predicted octanol–water partition coefficient (Wildman–Crippen LogP) is 4.91. The summed E-state index contributed by atoms with van der Waals surface area (Å²) in [7, 11) is 0. The molecule has 0 radical (unpaired) electrons. The number of rotatable bonds is 2. The van der Waals surface area contributed by atoms with Crippen LogP contribution in [0.1, 0.15) is 28.3 Å². The molecule has 0 saturated heterocycles. The first kappa shape index (κ1) is 14.5. The van der Waals surface area contributed by atoms with Crippen LogP contribution in [0, 0.1) is 19.7 Å². The molecule has 0 aliphatic heterocycles.